The summed E-state index contributed by atoms with van der Waals surface area (Å²) in [5, 5.41) is 32.7. The normalized spacial score (nSPS) is 16.0. The van der Waals surface area contributed by atoms with Gasteiger partial charge in [-0.05, 0) is 44.0 Å². The average Bonchev–Trinajstić information content (AvgIpc) is 2.79. The van der Waals surface area contributed by atoms with Crippen LogP contribution in [0, 0.1) is 18.3 Å². The van der Waals surface area contributed by atoms with E-state index in [4.69, 9.17) is 4.74 Å². The lowest BCUT2D eigenvalue weighted by molar-refractivity contribution is 0.133. The highest BCUT2D eigenvalue weighted by Crippen LogP contribution is 2.36. The zero-order valence-corrected chi connectivity index (χ0v) is 17.4. The molecule has 8 heteroatoms. The first-order chi connectivity index (χ1) is 15.0. The van der Waals surface area contributed by atoms with Gasteiger partial charge in [0.05, 0.1) is 18.7 Å². The van der Waals surface area contributed by atoms with Crippen LogP contribution < -0.4 is 10.1 Å². The van der Waals surface area contributed by atoms with E-state index in [0.717, 1.165) is 34.7 Å². The molecule has 2 N–H and O–H groups in total. The van der Waals surface area contributed by atoms with Gasteiger partial charge in [0.1, 0.15) is 11.4 Å². The number of rotatable bonds is 4. The fourth-order valence-electron chi connectivity index (χ4n) is 3.99. The number of nitriles is 1. The van der Waals surface area contributed by atoms with Gasteiger partial charge in [-0.3, -0.25) is 0 Å². The molecule has 1 atom stereocenters. The van der Waals surface area contributed by atoms with E-state index in [1.54, 1.807) is 19.2 Å². The molecule has 1 aliphatic heterocycles. The number of fused-ring (bicyclic) bond motifs is 1. The summed E-state index contributed by atoms with van der Waals surface area (Å²) in [5.41, 5.74) is 3.01. The van der Waals surface area contributed by atoms with Gasteiger partial charge in [-0.2, -0.15) is 5.26 Å². The minimum atomic E-state index is -0.901. The topological polar surface area (TPSA) is 111 Å². The molecule has 1 unspecified atom stereocenters. The maximum absolute atomic E-state index is 11.4. The number of anilines is 1. The molecule has 1 fully saturated rings. The summed E-state index contributed by atoms with van der Waals surface area (Å²) < 4.78 is 5.51. The van der Waals surface area contributed by atoms with E-state index in [9.17, 15) is 15.2 Å². The zero-order valence-electron chi connectivity index (χ0n) is 17.4. The number of aryl methyl sites for hydroxylation is 1. The summed E-state index contributed by atoms with van der Waals surface area (Å²) >= 11 is 0. The minimum Gasteiger partial charge on any atom is -0.496 e. The molecule has 8 nitrogen and oxygen atoms in total. The van der Waals surface area contributed by atoms with Gasteiger partial charge in [0, 0.05) is 35.5 Å². The van der Waals surface area contributed by atoms with Crippen LogP contribution in [-0.4, -0.2) is 52.5 Å². The molecule has 158 valence electrons. The number of carbonyl (C=O) groups is 1. The zero-order chi connectivity index (χ0) is 22.0. The summed E-state index contributed by atoms with van der Waals surface area (Å²) in [6.45, 7) is 2.98. The van der Waals surface area contributed by atoms with E-state index in [0.29, 0.717) is 35.9 Å². The Kier molecular flexibility index (Phi) is 5.58. The van der Waals surface area contributed by atoms with Crippen molar-refractivity contribution in [3.05, 3.63) is 47.5 Å². The van der Waals surface area contributed by atoms with Crippen molar-refractivity contribution in [2.75, 3.05) is 25.5 Å². The summed E-state index contributed by atoms with van der Waals surface area (Å²) in [4.78, 5) is 12.8. The third-order valence-electron chi connectivity index (χ3n) is 5.55. The van der Waals surface area contributed by atoms with Crippen LogP contribution in [0.5, 0.6) is 5.75 Å². The predicted molar refractivity (Wildman–Crippen MR) is 117 cm³/mol. The van der Waals surface area contributed by atoms with Crippen molar-refractivity contribution < 1.29 is 14.6 Å². The van der Waals surface area contributed by atoms with E-state index in [1.165, 1.54) is 4.90 Å². The highest BCUT2D eigenvalue weighted by molar-refractivity contribution is 6.01. The molecule has 2 heterocycles. The van der Waals surface area contributed by atoms with Crippen LogP contribution in [0.2, 0.25) is 0 Å². The van der Waals surface area contributed by atoms with Crippen molar-refractivity contribution in [2.24, 2.45) is 0 Å². The second-order valence-corrected chi connectivity index (χ2v) is 7.69. The van der Waals surface area contributed by atoms with Crippen LogP contribution in [-0.2, 0) is 0 Å². The van der Waals surface area contributed by atoms with Crippen molar-refractivity contribution in [2.45, 2.75) is 25.8 Å². The van der Waals surface area contributed by atoms with Gasteiger partial charge >= 0.3 is 6.09 Å². The third kappa shape index (κ3) is 4.08. The molecule has 3 aromatic rings. The molecule has 1 amide bonds. The average molecular weight is 417 g/mol. The van der Waals surface area contributed by atoms with Crippen LogP contribution >= 0.6 is 0 Å². The van der Waals surface area contributed by atoms with E-state index in [1.807, 2.05) is 31.2 Å². The monoisotopic (exact) mass is 417 g/mol. The lowest BCUT2D eigenvalue weighted by Gasteiger charge is -2.31. The molecule has 0 aliphatic carbocycles. The predicted octanol–water partition coefficient (Wildman–Crippen LogP) is 4.04. The molecule has 0 bridgehead atoms. The first kappa shape index (κ1) is 20.4. The number of carboxylic acid groups (broad SMARTS) is 1. The Morgan fingerprint density at radius 2 is 2.10 bits per heavy atom. The molecule has 0 radical (unpaired) electrons. The first-order valence-electron chi connectivity index (χ1n) is 10.1. The molecular formula is C23H23N5O3. The number of amides is 1. The van der Waals surface area contributed by atoms with Crippen molar-refractivity contribution in [1.82, 2.24) is 15.1 Å². The molecule has 1 aromatic heterocycles. The molecule has 1 aliphatic rings. The molecule has 31 heavy (non-hydrogen) atoms. The van der Waals surface area contributed by atoms with Gasteiger partial charge in [0.25, 0.3) is 0 Å². The molecule has 0 saturated carbocycles. The fourth-order valence-corrected chi connectivity index (χ4v) is 3.99. The number of nitrogens with one attached hydrogen (secondary N) is 1. The molecule has 4 rings (SSSR count). The Bertz CT molecular complexity index is 1190. The lowest BCUT2D eigenvalue weighted by atomic mass is 10.0. The second-order valence-electron chi connectivity index (χ2n) is 7.69. The van der Waals surface area contributed by atoms with Gasteiger partial charge in [-0.15, -0.1) is 10.2 Å². The van der Waals surface area contributed by atoms with Gasteiger partial charge in [-0.1, -0.05) is 17.7 Å². The van der Waals surface area contributed by atoms with E-state index in [2.05, 4.69) is 21.6 Å². The van der Waals surface area contributed by atoms with Crippen LogP contribution in [0.25, 0.3) is 22.0 Å². The Balaban J connectivity index is 1.77. The second kappa shape index (κ2) is 8.48. The van der Waals surface area contributed by atoms with Crippen molar-refractivity contribution in [3.8, 4) is 23.1 Å². The quantitative estimate of drug-likeness (QED) is 0.659. The van der Waals surface area contributed by atoms with Gasteiger partial charge in [0.15, 0.2) is 5.82 Å². The lowest BCUT2D eigenvalue weighted by Crippen LogP contribution is -2.44. The standard InChI is InChI=1S/C23H23N5O3/c1-14-5-7-17-19(10-14)22(25-16-4-3-9-28(13-16)23(29)30)27-26-21(17)18-8-6-15(12-24)11-20(18)31-2/h5-8,10-11,16H,3-4,9,13H2,1-2H3,(H,25,27)(H,29,30). The van der Waals surface area contributed by atoms with Crippen LogP contribution in [0.4, 0.5) is 10.6 Å². The van der Waals surface area contributed by atoms with Gasteiger partial charge in [-0.25, -0.2) is 4.79 Å². The van der Waals surface area contributed by atoms with Crippen LogP contribution in [0.15, 0.2) is 36.4 Å². The number of hydrogen-bond acceptors (Lipinski definition) is 6. The van der Waals surface area contributed by atoms with E-state index in [-0.39, 0.29) is 6.04 Å². The SMILES string of the molecule is COc1cc(C#N)ccc1-c1nnc(NC2CCCN(C(=O)O)C2)c2cc(C)ccc12. The van der Waals surface area contributed by atoms with Crippen LogP contribution in [0.3, 0.4) is 0 Å². The number of piperidine rings is 1. The summed E-state index contributed by atoms with van der Waals surface area (Å²) in [6.07, 6.45) is 0.764. The van der Waals surface area contributed by atoms with Crippen LogP contribution in [0.1, 0.15) is 24.0 Å². The maximum Gasteiger partial charge on any atom is 0.407 e. The summed E-state index contributed by atoms with van der Waals surface area (Å²) in [7, 11) is 1.56. The number of aromatic nitrogens is 2. The summed E-state index contributed by atoms with van der Waals surface area (Å²) in [5.74, 6) is 1.19. The Morgan fingerprint density at radius 3 is 2.84 bits per heavy atom. The molecule has 1 saturated heterocycles. The largest absolute Gasteiger partial charge is 0.496 e. The number of methoxy groups -OCH3 is 1. The fraction of sp³-hybridized carbons (Fsp3) is 0.304. The third-order valence-corrected chi connectivity index (χ3v) is 5.55. The Hall–Kier alpha value is -3.86. The van der Waals surface area contributed by atoms with Gasteiger partial charge in [0.2, 0.25) is 0 Å². The van der Waals surface area contributed by atoms with E-state index >= 15 is 0 Å². The molecular weight excluding hydrogens is 394 g/mol. The number of ether oxygens (including phenoxy) is 1. The number of nitrogens with zero attached hydrogens (tertiary/aromatic N) is 4. The van der Waals surface area contributed by atoms with Crippen molar-refractivity contribution in [1.29, 1.82) is 5.26 Å². The maximum atomic E-state index is 11.4. The van der Waals surface area contributed by atoms with Gasteiger partial charge < -0.3 is 20.1 Å². The highest BCUT2D eigenvalue weighted by Gasteiger charge is 2.24. The Labute approximate surface area is 180 Å². The highest BCUT2D eigenvalue weighted by atomic mass is 16.5. The number of likely N-dealkylation sites (tertiary alicyclic amines) is 1. The van der Waals surface area contributed by atoms with Crippen molar-refractivity contribution >= 4 is 22.7 Å². The van der Waals surface area contributed by atoms with E-state index < -0.39 is 6.09 Å². The Morgan fingerprint density at radius 1 is 1.26 bits per heavy atom. The summed E-state index contributed by atoms with van der Waals surface area (Å²) in [6, 6.07) is 13.4. The molecule has 0 spiro atoms. The first-order valence-corrected chi connectivity index (χ1v) is 10.1. The van der Waals surface area contributed by atoms with Crippen molar-refractivity contribution in [3.63, 3.8) is 0 Å². The smallest absolute Gasteiger partial charge is 0.407 e. The molecule has 2 aromatic carbocycles. The number of benzene rings is 2. The minimum absolute atomic E-state index is 0.0295. The number of hydrogen-bond donors (Lipinski definition) is 2.